The molecule has 1 saturated heterocycles. The summed E-state index contributed by atoms with van der Waals surface area (Å²) < 4.78 is 0. The van der Waals surface area contributed by atoms with Crippen LogP contribution in [-0.2, 0) is 17.6 Å². The number of carbonyl (C=O) groups excluding carboxylic acids is 2. The highest BCUT2D eigenvalue weighted by Gasteiger charge is 2.25. The fourth-order valence-electron chi connectivity index (χ4n) is 3.82. The van der Waals surface area contributed by atoms with E-state index in [1.807, 2.05) is 18.2 Å². The van der Waals surface area contributed by atoms with Crippen molar-refractivity contribution in [1.29, 1.82) is 0 Å². The van der Waals surface area contributed by atoms with E-state index in [2.05, 4.69) is 25.5 Å². The van der Waals surface area contributed by atoms with Gasteiger partial charge < -0.3 is 20.4 Å². The second kappa shape index (κ2) is 9.42. The number of aryl methyl sites for hydroxylation is 2. The van der Waals surface area contributed by atoms with Crippen molar-refractivity contribution in [3.8, 4) is 0 Å². The first-order valence-corrected chi connectivity index (χ1v) is 11.4. The van der Waals surface area contributed by atoms with Crippen molar-refractivity contribution in [2.75, 3.05) is 36.4 Å². The molecule has 3 heterocycles. The Morgan fingerprint density at radius 2 is 1.90 bits per heavy atom. The van der Waals surface area contributed by atoms with Gasteiger partial charge in [-0.05, 0) is 44.7 Å². The number of hydrogen-bond donors (Lipinski definition) is 2. The number of hydrogen-bond acceptors (Lipinski definition) is 6. The minimum absolute atomic E-state index is 0.215. The van der Waals surface area contributed by atoms with Gasteiger partial charge in [0, 0.05) is 37.3 Å². The smallest absolute Gasteiger partial charge is 0.318 e. The fraction of sp³-hybridized carbons (Fsp3) is 0.524. The maximum atomic E-state index is 12.6. The van der Waals surface area contributed by atoms with Gasteiger partial charge in [-0.25, -0.2) is 14.8 Å². The Kier molecular flexibility index (Phi) is 6.47. The third kappa shape index (κ3) is 4.89. The Morgan fingerprint density at radius 1 is 1.10 bits per heavy atom. The molecule has 160 valence electrons. The first-order chi connectivity index (χ1) is 14.6. The SMILES string of the molecule is C[C@@H](NC(=O)N1CCN(c2ccccn2)CC1)C(=O)Nc1nc2c(s1)CCCCC2. The van der Waals surface area contributed by atoms with E-state index in [-0.39, 0.29) is 11.9 Å². The number of rotatable bonds is 4. The molecule has 8 nitrogen and oxygen atoms in total. The molecular weight excluding hydrogens is 400 g/mol. The second-order valence-corrected chi connectivity index (χ2v) is 8.86. The number of nitrogens with zero attached hydrogens (tertiary/aromatic N) is 4. The van der Waals surface area contributed by atoms with Crippen molar-refractivity contribution in [1.82, 2.24) is 20.2 Å². The summed E-state index contributed by atoms with van der Waals surface area (Å²) in [7, 11) is 0. The van der Waals surface area contributed by atoms with Crippen molar-refractivity contribution in [2.45, 2.75) is 45.1 Å². The lowest BCUT2D eigenvalue weighted by molar-refractivity contribution is -0.117. The largest absolute Gasteiger partial charge is 0.353 e. The molecule has 1 aliphatic heterocycles. The first kappa shape index (κ1) is 20.6. The molecule has 2 aliphatic rings. The number of piperazine rings is 1. The van der Waals surface area contributed by atoms with Crippen LogP contribution in [0.2, 0.25) is 0 Å². The molecule has 0 bridgehead atoms. The lowest BCUT2D eigenvalue weighted by atomic mass is 10.2. The molecule has 1 fully saturated rings. The minimum atomic E-state index is -0.630. The van der Waals surface area contributed by atoms with Gasteiger partial charge in [0.15, 0.2) is 5.13 Å². The topological polar surface area (TPSA) is 90.5 Å². The lowest BCUT2D eigenvalue weighted by Gasteiger charge is -2.35. The van der Waals surface area contributed by atoms with Crippen LogP contribution in [0.25, 0.3) is 0 Å². The molecule has 2 aromatic heterocycles. The molecule has 0 saturated carbocycles. The first-order valence-electron chi connectivity index (χ1n) is 10.6. The minimum Gasteiger partial charge on any atom is -0.353 e. The van der Waals surface area contributed by atoms with Crippen LogP contribution in [0, 0.1) is 0 Å². The summed E-state index contributed by atoms with van der Waals surface area (Å²) >= 11 is 1.56. The maximum Gasteiger partial charge on any atom is 0.318 e. The van der Waals surface area contributed by atoms with E-state index in [0.29, 0.717) is 18.2 Å². The van der Waals surface area contributed by atoms with Gasteiger partial charge in [0.1, 0.15) is 11.9 Å². The van der Waals surface area contributed by atoms with Crippen LogP contribution < -0.4 is 15.5 Å². The van der Waals surface area contributed by atoms with E-state index in [1.54, 1.807) is 29.4 Å². The van der Waals surface area contributed by atoms with Gasteiger partial charge in [0.05, 0.1) is 5.69 Å². The van der Waals surface area contributed by atoms with Crippen LogP contribution in [0.5, 0.6) is 0 Å². The van der Waals surface area contributed by atoms with E-state index in [0.717, 1.165) is 43.9 Å². The van der Waals surface area contributed by atoms with Gasteiger partial charge in [-0.1, -0.05) is 12.5 Å². The Bertz CT molecular complexity index is 855. The average Bonchev–Trinajstić information content (AvgIpc) is 3.02. The monoisotopic (exact) mass is 428 g/mol. The Morgan fingerprint density at radius 3 is 2.67 bits per heavy atom. The molecule has 30 heavy (non-hydrogen) atoms. The predicted molar refractivity (Wildman–Crippen MR) is 118 cm³/mol. The number of nitrogens with one attached hydrogen (secondary N) is 2. The highest BCUT2D eigenvalue weighted by Crippen LogP contribution is 2.28. The van der Waals surface area contributed by atoms with E-state index in [1.165, 1.54) is 17.7 Å². The second-order valence-electron chi connectivity index (χ2n) is 7.77. The highest BCUT2D eigenvalue weighted by molar-refractivity contribution is 7.15. The number of amides is 3. The molecule has 1 aliphatic carbocycles. The van der Waals surface area contributed by atoms with Crippen LogP contribution >= 0.6 is 11.3 Å². The molecule has 1 atom stereocenters. The van der Waals surface area contributed by atoms with E-state index in [4.69, 9.17) is 0 Å². The predicted octanol–water partition coefficient (Wildman–Crippen LogP) is 2.67. The lowest BCUT2D eigenvalue weighted by Crippen LogP contribution is -2.54. The summed E-state index contributed by atoms with van der Waals surface area (Å²) in [6, 6.07) is 4.98. The number of urea groups is 1. The summed E-state index contributed by atoms with van der Waals surface area (Å²) in [5, 5.41) is 6.32. The van der Waals surface area contributed by atoms with E-state index < -0.39 is 6.04 Å². The molecule has 0 unspecified atom stereocenters. The Labute approximate surface area is 180 Å². The highest BCUT2D eigenvalue weighted by atomic mass is 32.1. The number of pyridine rings is 1. The molecular formula is C21H28N6O2S. The van der Waals surface area contributed by atoms with Crippen molar-refractivity contribution in [2.24, 2.45) is 0 Å². The van der Waals surface area contributed by atoms with Crippen molar-refractivity contribution in [3.63, 3.8) is 0 Å². The number of fused-ring (bicyclic) bond motifs is 1. The summed E-state index contributed by atoms with van der Waals surface area (Å²) in [5.41, 5.74) is 1.12. The molecule has 0 aromatic carbocycles. The third-order valence-electron chi connectivity index (χ3n) is 5.60. The summed E-state index contributed by atoms with van der Waals surface area (Å²) in [6.45, 7) is 4.33. The standard InChI is InChI=1S/C21H28N6O2S/c1-15(19(28)25-20-24-16-7-3-2-4-8-17(16)30-20)23-21(29)27-13-11-26(12-14-27)18-9-5-6-10-22-18/h5-6,9-10,15H,2-4,7-8,11-14H2,1H3,(H,23,29)(H,24,25,28)/t15-/m1/s1. The van der Waals surface area contributed by atoms with Gasteiger partial charge in [-0.15, -0.1) is 11.3 Å². The molecule has 2 N–H and O–H groups in total. The maximum absolute atomic E-state index is 12.6. The van der Waals surface area contributed by atoms with Gasteiger partial charge >= 0.3 is 6.03 Å². The summed E-state index contributed by atoms with van der Waals surface area (Å²) in [4.78, 5) is 39.3. The van der Waals surface area contributed by atoms with E-state index in [9.17, 15) is 9.59 Å². The number of carbonyl (C=O) groups is 2. The van der Waals surface area contributed by atoms with Crippen LogP contribution in [0.1, 0.15) is 36.8 Å². The van der Waals surface area contributed by atoms with Crippen LogP contribution in [0.3, 0.4) is 0 Å². The van der Waals surface area contributed by atoms with Crippen LogP contribution in [-0.4, -0.2) is 59.0 Å². The Hall–Kier alpha value is -2.68. The molecule has 0 spiro atoms. The Balaban J connectivity index is 1.26. The zero-order valence-electron chi connectivity index (χ0n) is 17.3. The van der Waals surface area contributed by atoms with E-state index >= 15 is 0 Å². The molecule has 3 amide bonds. The number of anilines is 2. The molecule has 9 heteroatoms. The average molecular weight is 429 g/mol. The van der Waals surface area contributed by atoms with Crippen LogP contribution in [0.4, 0.5) is 15.7 Å². The van der Waals surface area contributed by atoms with Crippen LogP contribution in [0.15, 0.2) is 24.4 Å². The fourth-order valence-corrected chi connectivity index (χ4v) is 4.87. The number of aromatic nitrogens is 2. The zero-order valence-corrected chi connectivity index (χ0v) is 18.1. The summed E-state index contributed by atoms with van der Waals surface area (Å²) in [6.07, 6.45) is 7.38. The quantitative estimate of drug-likeness (QED) is 0.731. The van der Waals surface area contributed by atoms with Gasteiger partial charge in [-0.2, -0.15) is 0 Å². The zero-order chi connectivity index (χ0) is 20.9. The van der Waals surface area contributed by atoms with Gasteiger partial charge in [-0.3, -0.25) is 4.79 Å². The van der Waals surface area contributed by atoms with Gasteiger partial charge in [0.25, 0.3) is 0 Å². The summed E-state index contributed by atoms with van der Waals surface area (Å²) in [5.74, 6) is 0.687. The van der Waals surface area contributed by atoms with Crippen molar-refractivity contribution < 1.29 is 9.59 Å². The third-order valence-corrected chi connectivity index (χ3v) is 6.67. The number of thiazole rings is 1. The van der Waals surface area contributed by atoms with Crippen molar-refractivity contribution >= 4 is 34.2 Å². The normalized spacial score (nSPS) is 17.6. The molecule has 2 aromatic rings. The van der Waals surface area contributed by atoms with Crippen molar-refractivity contribution in [3.05, 3.63) is 35.0 Å². The molecule has 0 radical (unpaired) electrons. The molecule has 4 rings (SSSR count). The van der Waals surface area contributed by atoms with Gasteiger partial charge in [0.2, 0.25) is 5.91 Å².